The van der Waals surface area contributed by atoms with E-state index in [2.05, 4.69) is 37.4 Å². The quantitative estimate of drug-likeness (QED) is 0.806. The number of benzene rings is 1. The number of aliphatic hydroxyl groups is 1. The Balaban J connectivity index is 2.04. The number of aryl methyl sites for hydroxylation is 1. The van der Waals surface area contributed by atoms with Crippen molar-refractivity contribution in [2.24, 2.45) is 5.92 Å². The third kappa shape index (κ3) is 4.45. The first kappa shape index (κ1) is 16.3. The molecule has 0 bridgehead atoms. The molecule has 0 aliphatic carbocycles. The Labute approximate surface area is 128 Å². The number of hydrogen-bond acceptors (Lipinski definition) is 3. The maximum absolute atomic E-state index is 9.19. The van der Waals surface area contributed by atoms with Crippen molar-refractivity contribution in [1.82, 2.24) is 5.32 Å². The molecule has 1 aromatic carbocycles. The molecule has 2 unspecified atom stereocenters. The Morgan fingerprint density at radius 3 is 3.00 bits per heavy atom. The Morgan fingerprint density at radius 1 is 1.38 bits per heavy atom. The zero-order valence-corrected chi connectivity index (χ0v) is 13.4. The van der Waals surface area contributed by atoms with Crippen LogP contribution in [-0.2, 0) is 0 Å². The molecule has 0 spiro atoms. The highest BCUT2D eigenvalue weighted by Crippen LogP contribution is 2.34. The lowest BCUT2D eigenvalue weighted by molar-refractivity contribution is 0.244. The fourth-order valence-electron chi connectivity index (χ4n) is 3.22. The Bertz CT molecular complexity index is 427. The normalized spacial score (nSPS) is 19.5. The van der Waals surface area contributed by atoms with E-state index in [1.807, 2.05) is 0 Å². The van der Waals surface area contributed by atoms with E-state index in [9.17, 15) is 5.11 Å². The molecule has 0 radical (unpaired) electrons. The van der Waals surface area contributed by atoms with Crippen LogP contribution in [-0.4, -0.2) is 24.9 Å². The highest BCUT2D eigenvalue weighted by Gasteiger charge is 2.21. The molecule has 0 saturated carbocycles. The van der Waals surface area contributed by atoms with Crippen LogP contribution in [0.3, 0.4) is 0 Å². The van der Waals surface area contributed by atoms with Gasteiger partial charge >= 0.3 is 0 Å². The maximum atomic E-state index is 9.19. The van der Waals surface area contributed by atoms with Crippen LogP contribution < -0.4 is 10.1 Å². The average Bonchev–Trinajstić information content (AvgIpc) is 2.69. The fourth-order valence-corrected chi connectivity index (χ4v) is 3.22. The lowest BCUT2D eigenvalue weighted by Crippen LogP contribution is -2.28. The number of aliphatic hydroxyl groups excluding tert-OH is 1. The summed E-state index contributed by atoms with van der Waals surface area (Å²) in [5.41, 5.74) is 2.52. The number of rotatable bonds is 7. The van der Waals surface area contributed by atoms with Gasteiger partial charge < -0.3 is 15.2 Å². The largest absolute Gasteiger partial charge is 0.493 e. The van der Waals surface area contributed by atoms with Crippen LogP contribution >= 0.6 is 0 Å². The molecule has 1 aliphatic rings. The molecule has 1 aliphatic heterocycles. The molecule has 0 saturated heterocycles. The molecule has 118 valence electrons. The highest BCUT2D eigenvalue weighted by molar-refractivity contribution is 5.43. The number of ether oxygens (including phenoxy) is 1. The van der Waals surface area contributed by atoms with Gasteiger partial charge in [0.1, 0.15) is 5.75 Å². The first-order chi connectivity index (χ1) is 10.3. The SMILES string of the molecule is CCCC(CCO)CNC1CCCOc2c(C)cccc21. The topological polar surface area (TPSA) is 41.5 Å². The van der Waals surface area contributed by atoms with Gasteiger partial charge in [0.05, 0.1) is 6.61 Å². The van der Waals surface area contributed by atoms with Crippen LogP contribution in [0, 0.1) is 12.8 Å². The van der Waals surface area contributed by atoms with Crippen molar-refractivity contribution in [3.8, 4) is 5.75 Å². The highest BCUT2D eigenvalue weighted by atomic mass is 16.5. The summed E-state index contributed by atoms with van der Waals surface area (Å²) in [7, 11) is 0. The third-order valence-corrected chi connectivity index (χ3v) is 4.39. The standard InChI is InChI=1S/C18H29NO2/c1-3-6-15(10-11-20)13-19-17-9-5-12-21-18-14(2)7-4-8-16(17)18/h4,7-8,15,17,19-20H,3,5-6,9-13H2,1-2H3. The van der Waals surface area contributed by atoms with Crippen molar-refractivity contribution in [2.45, 2.75) is 52.0 Å². The van der Waals surface area contributed by atoms with E-state index in [4.69, 9.17) is 4.74 Å². The summed E-state index contributed by atoms with van der Waals surface area (Å²) in [4.78, 5) is 0. The van der Waals surface area contributed by atoms with Gasteiger partial charge in [0.25, 0.3) is 0 Å². The van der Waals surface area contributed by atoms with Crippen molar-refractivity contribution in [3.05, 3.63) is 29.3 Å². The summed E-state index contributed by atoms with van der Waals surface area (Å²) in [6, 6.07) is 6.80. The van der Waals surface area contributed by atoms with E-state index in [0.29, 0.717) is 12.0 Å². The van der Waals surface area contributed by atoms with E-state index in [-0.39, 0.29) is 6.61 Å². The number of hydrogen-bond donors (Lipinski definition) is 2. The molecule has 2 N–H and O–H groups in total. The number of nitrogens with one attached hydrogen (secondary N) is 1. The molecule has 3 heteroatoms. The van der Waals surface area contributed by atoms with E-state index in [1.54, 1.807) is 0 Å². The van der Waals surface area contributed by atoms with Gasteiger partial charge in [-0.2, -0.15) is 0 Å². The molecule has 0 amide bonds. The van der Waals surface area contributed by atoms with Crippen LogP contribution in [0.2, 0.25) is 0 Å². The van der Waals surface area contributed by atoms with E-state index in [0.717, 1.165) is 38.2 Å². The summed E-state index contributed by atoms with van der Waals surface area (Å²) in [5, 5.41) is 12.9. The summed E-state index contributed by atoms with van der Waals surface area (Å²) in [6.07, 6.45) is 5.46. The third-order valence-electron chi connectivity index (χ3n) is 4.39. The van der Waals surface area contributed by atoms with Gasteiger partial charge in [0, 0.05) is 18.2 Å². The first-order valence-corrected chi connectivity index (χ1v) is 8.32. The lowest BCUT2D eigenvalue weighted by atomic mass is 9.96. The van der Waals surface area contributed by atoms with Crippen LogP contribution in [0.5, 0.6) is 5.75 Å². The van der Waals surface area contributed by atoms with Crippen molar-refractivity contribution in [3.63, 3.8) is 0 Å². The maximum Gasteiger partial charge on any atom is 0.126 e. The number of fused-ring (bicyclic) bond motifs is 1. The molecule has 21 heavy (non-hydrogen) atoms. The van der Waals surface area contributed by atoms with Crippen LogP contribution in [0.4, 0.5) is 0 Å². The second-order valence-electron chi connectivity index (χ2n) is 6.11. The van der Waals surface area contributed by atoms with Crippen LogP contribution in [0.1, 0.15) is 56.2 Å². The second-order valence-corrected chi connectivity index (χ2v) is 6.11. The minimum Gasteiger partial charge on any atom is -0.493 e. The molecule has 3 nitrogen and oxygen atoms in total. The summed E-state index contributed by atoms with van der Waals surface area (Å²) >= 11 is 0. The smallest absolute Gasteiger partial charge is 0.126 e. The Hall–Kier alpha value is -1.06. The molecular formula is C18H29NO2. The van der Waals surface area contributed by atoms with Crippen molar-refractivity contribution < 1.29 is 9.84 Å². The van der Waals surface area contributed by atoms with Crippen molar-refractivity contribution in [1.29, 1.82) is 0 Å². The summed E-state index contributed by atoms with van der Waals surface area (Å²) in [5.74, 6) is 1.64. The van der Waals surface area contributed by atoms with Crippen LogP contribution in [0.25, 0.3) is 0 Å². The van der Waals surface area contributed by atoms with Crippen molar-refractivity contribution >= 4 is 0 Å². The Kier molecular flexibility index (Phi) is 6.52. The van der Waals surface area contributed by atoms with E-state index in [1.165, 1.54) is 24.0 Å². The fraction of sp³-hybridized carbons (Fsp3) is 0.667. The zero-order chi connectivity index (χ0) is 15.1. The van der Waals surface area contributed by atoms with Crippen molar-refractivity contribution in [2.75, 3.05) is 19.8 Å². The van der Waals surface area contributed by atoms with Gasteiger partial charge in [0.2, 0.25) is 0 Å². The average molecular weight is 291 g/mol. The van der Waals surface area contributed by atoms with E-state index >= 15 is 0 Å². The molecule has 2 rings (SSSR count). The van der Waals surface area contributed by atoms with Crippen LogP contribution in [0.15, 0.2) is 18.2 Å². The minimum atomic E-state index is 0.288. The van der Waals surface area contributed by atoms with Gasteiger partial charge in [-0.3, -0.25) is 0 Å². The zero-order valence-electron chi connectivity index (χ0n) is 13.4. The molecule has 1 heterocycles. The second kappa shape index (κ2) is 8.40. The molecule has 1 aromatic rings. The molecule has 2 atom stereocenters. The van der Waals surface area contributed by atoms with Gasteiger partial charge in [0.15, 0.2) is 0 Å². The summed E-state index contributed by atoms with van der Waals surface area (Å²) < 4.78 is 5.93. The summed E-state index contributed by atoms with van der Waals surface area (Å²) in [6.45, 7) is 6.41. The molecule has 0 aromatic heterocycles. The predicted octanol–water partition coefficient (Wildman–Crippen LogP) is 3.60. The van der Waals surface area contributed by atoms with Gasteiger partial charge in [-0.05, 0) is 50.6 Å². The molecular weight excluding hydrogens is 262 g/mol. The predicted molar refractivity (Wildman–Crippen MR) is 86.8 cm³/mol. The number of para-hydroxylation sites is 1. The van der Waals surface area contributed by atoms with Gasteiger partial charge in [-0.25, -0.2) is 0 Å². The minimum absolute atomic E-state index is 0.288. The Morgan fingerprint density at radius 2 is 2.24 bits per heavy atom. The van der Waals surface area contributed by atoms with Gasteiger partial charge in [-0.15, -0.1) is 0 Å². The van der Waals surface area contributed by atoms with Gasteiger partial charge in [-0.1, -0.05) is 31.5 Å². The monoisotopic (exact) mass is 291 g/mol. The van der Waals surface area contributed by atoms with E-state index < -0.39 is 0 Å². The lowest BCUT2D eigenvalue weighted by Gasteiger charge is -2.23. The first-order valence-electron chi connectivity index (χ1n) is 8.32. The molecule has 0 fully saturated rings.